The van der Waals surface area contributed by atoms with Crippen LogP contribution in [0.1, 0.15) is 31.4 Å². The lowest BCUT2D eigenvalue weighted by Crippen LogP contribution is -2.36. The van der Waals surface area contributed by atoms with Crippen molar-refractivity contribution in [2.45, 2.75) is 25.8 Å². The first-order valence-corrected chi connectivity index (χ1v) is 6.37. The largest absolute Gasteiger partial charge is 0.355 e. The monoisotopic (exact) mass is 232 g/mol. The Bertz CT molecular complexity index is 364. The van der Waals surface area contributed by atoms with E-state index in [0.717, 1.165) is 13.0 Å². The molecule has 0 aliphatic carbocycles. The summed E-state index contributed by atoms with van der Waals surface area (Å²) in [7, 11) is 0. The number of rotatable bonds is 4. The Morgan fingerprint density at radius 2 is 2.18 bits per heavy atom. The van der Waals surface area contributed by atoms with Gasteiger partial charge in [-0.3, -0.25) is 9.69 Å². The summed E-state index contributed by atoms with van der Waals surface area (Å²) in [5, 5.41) is 2.86. The molecule has 3 heteroatoms. The molecule has 1 unspecified atom stereocenters. The average molecular weight is 232 g/mol. The summed E-state index contributed by atoms with van der Waals surface area (Å²) in [6, 6.07) is 10.9. The highest BCUT2D eigenvalue weighted by molar-refractivity contribution is 5.78. The van der Waals surface area contributed by atoms with Crippen LogP contribution in [0.4, 0.5) is 0 Å². The van der Waals surface area contributed by atoms with Gasteiger partial charge >= 0.3 is 0 Å². The number of carbonyl (C=O) groups excluding carboxylic acids is 1. The summed E-state index contributed by atoms with van der Waals surface area (Å²) in [5.74, 6) is 0.135. The third-order valence-corrected chi connectivity index (χ3v) is 3.27. The van der Waals surface area contributed by atoms with Gasteiger partial charge in [0.2, 0.25) is 5.91 Å². The molecule has 0 saturated carbocycles. The van der Waals surface area contributed by atoms with Gasteiger partial charge in [-0.2, -0.15) is 0 Å². The normalized spacial score (nSPS) is 20.4. The third kappa shape index (κ3) is 3.07. The van der Waals surface area contributed by atoms with Gasteiger partial charge < -0.3 is 5.32 Å². The van der Waals surface area contributed by atoms with Crippen LogP contribution in [0, 0.1) is 0 Å². The summed E-state index contributed by atoms with van der Waals surface area (Å²) in [5.41, 5.74) is 1.33. The minimum Gasteiger partial charge on any atom is -0.355 e. The fourth-order valence-corrected chi connectivity index (χ4v) is 2.51. The van der Waals surface area contributed by atoms with Crippen LogP contribution in [0.15, 0.2) is 30.3 Å². The molecular formula is C14H20N2O. The van der Waals surface area contributed by atoms with Crippen molar-refractivity contribution in [1.29, 1.82) is 0 Å². The van der Waals surface area contributed by atoms with Crippen molar-refractivity contribution in [3.05, 3.63) is 35.9 Å². The summed E-state index contributed by atoms with van der Waals surface area (Å²) in [6.07, 6.45) is 2.34. The highest BCUT2D eigenvalue weighted by atomic mass is 16.2. The molecule has 1 heterocycles. The van der Waals surface area contributed by atoms with E-state index in [1.165, 1.54) is 12.0 Å². The van der Waals surface area contributed by atoms with Gasteiger partial charge in [-0.25, -0.2) is 0 Å². The highest BCUT2D eigenvalue weighted by Crippen LogP contribution is 2.31. The zero-order valence-corrected chi connectivity index (χ0v) is 10.4. The topological polar surface area (TPSA) is 32.3 Å². The Kier molecular flexibility index (Phi) is 4.15. The molecule has 1 N–H and O–H groups in total. The van der Waals surface area contributed by atoms with Crippen LogP contribution >= 0.6 is 0 Å². The quantitative estimate of drug-likeness (QED) is 0.860. The summed E-state index contributed by atoms with van der Waals surface area (Å²) in [4.78, 5) is 13.9. The number of likely N-dealkylation sites (N-methyl/N-ethyl adjacent to an activating group) is 1. The molecule has 1 aromatic carbocycles. The Balaban J connectivity index is 2.00. The predicted molar refractivity (Wildman–Crippen MR) is 68.7 cm³/mol. The van der Waals surface area contributed by atoms with Gasteiger partial charge in [0, 0.05) is 12.6 Å². The van der Waals surface area contributed by atoms with E-state index < -0.39 is 0 Å². The Morgan fingerprint density at radius 3 is 2.88 bits per heavy atom. The number of benzene rings is 1. The molecule has 1 amide bonds. The van der Waals surface area contributed by atoms with E-state index in [2.05, 4.69) is 34.5 Å². The zero-order chi connectivity index (χ0) is 12.1. The van der Waals surface area contributed by atoms with Crippen molar-refractivity contribution in [1.82, 2.24) is 10.2 Å². The number of hydrogen-bond donors (Lipinski definition) is 1. The number of nitrogens with one attached hydrogen (secondary N) is 1. The zero-order valence-electron chi connectivity index (χ0n) is 10.4. The van der Waals surface area contributed by atoms with E-state index in [0.29, 0.717) is 19.1 Å². The van der Waals surface area contributed by atoms with Crippen molar-refractivity contribution < 1.29 is 4.79 Å². The second-order valence-electron chi connectivity index (χ2n) is 4.49. The highest BCUT2D eigenvalue weighted by Gasteiger charge is 2.26. The molecule has 0 bridgehead atoms. The van der Waals surface area contributed by atoms with Gasteiger partial charge in [-0.05, 0) is 31.9 Å². The maximum atomic E-state index is 11.6. The molecule has 2 rings (SSSR count). The Morgan fingerprint density at radius 1 is 1.41 bits per heavy atom. The lowest BCUT2D eigenvalue weighted by atomic mass is 10.0. The summed E-state index contributed by atoms with van der Waals surface area (Å²) in [6.45, 7) is 4.21. The smallest absolute Gasteiger partial charge is 0.234 e. The molecule has 3 nitrogen and oxygen atoms in total. The number of hydrogen-bond acceptors (Lipinski definition) is 2. The van der Waals surface area contributed by atoms with Crippen LogP contribution in [0.5, 0.6) is 0 Å². The van der Waals surface area contributed by atoms with Crippen LogP contribution in [0.3, 0.4) is 0 Å². The van der Waals surface area contributed by atoms with Crippen molar-refractivity contribution in [3.8, 4) is 0 Å². The van der Waals surface area contributed by atoms with Crippen LogP contribution in [-0.2, 0) is 4.79 Å². The minimum atomic E-state index is 0.135. The molecule has 1 saturated heterocycles. The van der Waals surface area contributed by atoms with E-state index in [4.69, 9.17) is 0 Å². The first kappa shape index (κ1) is 12.1. The molecule has 0 radical (unpaired) electrons. The van der Waals surface area contributed by atoms with Crippen LogP contribution in [0.2, 0.25) is 0 Å². The summed E-state index contributed by atoms with van der Waals surface area (Å²) >= 11 is 0. The van der Waals surface area contributed by atoms with E-state index in [-0.39, 0.29) is 5.91 Å². The van der Waals surface area contributed by atoms with Gasteiger partial charge in [0.05, 0.1) is 6.54 Å². The average Bonchev–Trinajstić information content (AvgIpc) is 2.78. The van der Waals surface area contributed by atoms with Gasteiger partial charge in [-0.15, -0.1) is 0 Å². The fourth-order valence-electron chi connectivity index (χ4n) is 2.51. The van der Waals surface area contributed by atoms with Crippen LogP contribution < -0.4 is 5.32 Å². The van der Waals surface area contributed by atoms with Gasteiger partial charge in [0.15, 0.2) is 0 Å². The third-order valence-electron chi connectivity index (χ3n) is 3.27. The van der Waals surface area contributed by atoms with Gasteiger partial charge in [-0.1, -0.05) is 30.3 Å². The predicted octanol–water partition coefficient (Wildman–Crippen LogP) is 1.96. The molecule has 1 aliphatic heterocycles. The Hall–Kier alpha value is -1.35. The number of likely N-dealkylation sites (tertiary alicyclic amines) is 1. The van der Waals surface area contributed by atoms with Crippen molar-refractivity contribution in [3.63, 3.8) is 0 Å². The lowest BCUT2D eigenvalue weighted by Gasteiger charge is -2.24. The van der Waals surface area contributed by atoms with E-state index in [1.807, 2.05) is 13.0 Å². The van der Waals surface area contributed by atoms with Gasteiger partial charge in [0.25, 0.3) is 0 Å². The standard InChI is InChI=1S/C14H20N2O/c1-2-15-14(17)11-16-10-6-9-13(16)12-7-4-3-5-8-12/h3-5,7-8,13H,2,6,9-11H2,1H3,(H,15,17). The molecular weight excluding hydrogens is 212 g/mol. The molecule has 0 spiro atoms. The van der Waals surface area contributed by atoms with Crippen molar-refractivity contribution in [2.75, 3.05) is 19.6 Å². The molecule has 1 aliphatic rings. The van der Waals surface area contributed by atoms with E-state index in [1.54, 1.807) is 0 Å². The Labute approximate surface area is 103 Å². The second kappa shape index (κ2) is 5.82. The maximum Gasteiger partial charge on any atom is 0.234 e. The molecule has 17 heavy (non-hydrogen) atoms. The summed E-state index contributed by atoms with van der Waals surface area (Å²) < 4.78 is 0. The fraction of sp³-hybridized carbons (Fsp3) is 0.500. The second-order valence-corrected chi connectivity index (χ2v) is 4.49. The van der Waals surface area contributed by atoms with Crippen molar-refractivity contribution >= 4 is 5.91 Å². The van der Waals surface area contributed by atoms with E-state index in [9.17, 15) is 4.79 Å². The molecule has 0 aromatic heterocycles. The SMILES string of the molecule is CCNC(=O)CN1CCCC1c1ccccc1. The minimum absolute atomic E-state index is 0.135. The van der Waals surface area contributed by atoms with E-state index >= 15 is 0 Å². The first-order valence-electron chi connectivity index (χ1n) is 6.37. The molecule has 92 valence electrons. The van der Waals surface area contributed by atoms with Crippen LogP contribution in [-0.4, -0.2) is 30.4 Å². The molecule has 1 aromatic rings. The maximum absolute atomic E-state index is 11.6. The lowest BCUT2D eigenvalue weighted by molar-refractivity contribution is -0.122. The number of nitrogens with zero attached hydrogens (tertiary/aromatic N) is 1. The van der Waals surface area contributed by atoms with Crippen LogP contribution in [0.25, 0.3) is 0 Å². The first-order chi connectivity index (χ1) is 8.31. The van der Waals surface area contributed by atoms with Gasteiger partial charge in [0.1, 0.15) is 0 Å². The van der Waals surface area contributed by atoms with Crippen molar-refractivity contribution in [2.24, 2.45) is 0 Å². The molecule has 1 fully saturated rings. The molecule has 1 atom stereocenters. The number of amides is 1. The number of carbonyl (C=O) groups is 1.